The topological polar surface area (TPSA) is 29.3 Å². The minimum atomic E-state index is 0.401. The van der Waals surface area contributed by atoms with Crippen LogP contribution < -0.4 is 5.73 Å². The zero-order valence-electron chi connectivity index (χ0n) is 13.5. The first-order valence-electron chi connectivity index (χ1n) is 8.96. The van der Waals surface area contributed by atoms with Crippen molar-refractivity contribution < 1.29 is 0 Å². The largest absolute Gasteiger partial charge is 0.327 e. The third-order valence-electron chi connectivity index (χ3n) is 5.60. The molecule has 1 aliphatic carbocycles. The van der Waals surface area contributed by atoms with Crippen molar-refractivity contribution in [2.45, 2.75) is 70.0 Å². The van der Waals surface area contributed by atoms with E-state index in [4.69, 9.17) is 17.3 Å². The quantitative estimate of drug-likeness (QED) is 0.859. The van der Waals surface area contributed by atoms with Gasteiger partial charge in [-0.05, 0) is 62.3 Å². The summed E-state index contributed by atoms with van der Waals surface area (Å²) in [5, 5.41) is 0.821. The summed E-state index contributed by atoms with van der Waals surface area (Å²) in [6.45, 7) is 2.25. The zero-order chi connectivity index (χ0) is 15.4. The van der Waals surface area contributed by atoms with Crippen molar-refractivity contribution in [3.63, 3.8) is 0 Å². The fourth-order valence-corrected chi connectivity index (χ4v) is 4.38. The molecule has 1 aromatic rings. The van der Waals surface area contributed by atoms with Crippen molar-refractivity contribution in [3.8, 4) is 0 Å². The minimum Gasteiger partial charge on any atom is -0.327 e. The Balaban J connectivity index is 1.59. The molecule has 0 spiro atoms. The molecule has 3 heteroatoms. The average Bonchev–Trinajstić information content (AvgIpc) is 3.06. The van der Waals surface area contributed by atoms with E-state index in [9.17, 15) is 0 Å². The number of hydrogen-bond donors (Lipinski definition) is 1. The van der Waals surface area contributed by atoms with E-state index in [2.05, 4.69) is 17.0 Å². The smallest absolute Gasteiger partial charge is 0.0406 e. The number of halogens is 1. The summed E-state index contributed by atoms with van der Waals surface area (Å²) in [6.07, 6.45) is 10.7. The van der Waals surface area contributed by atoms with Crippen molar-refractivity contribution in [2.24, 2.45) is 11.7 Å². The maximum Gasteiger partial charge on any atom is 0.0406 e. The fraction of sp³-hybridized carbons (Fsp3) is 0.684. The number of nitrogens with two attached hydrogens (primary N) is 1. The maximum atomic E-state index is 6.54. The summed E-state index contributed by atoms with van der Waals surface area (Å²) in [6, 6.07) is 9.38. The molecule has 0 bridgehead atoms. The van der Waals surface area contributed by atoms with E-state index in [1.165, 1.54) is 63.5 Å². The molecule has 1 saturated heterocycles. The van der Waals surface area contributed by atoms with Crippen LogP contribution >= 0.6 is 11.6 Å². The molecule has 2 fully saturated rings. The van der Waals surface area contributed by atoms with Gasteiger partial charge in [0.25, 0.3) is 0 Å². The first-order chi connectivity index (χ1) is 10.7. The Morgan fingerprint density at radius 1 is 1.05 bits per heavy atom. The van der Waals surface area contributed by atoms with Crippen LogP contribution in [-0.4, -0.2) is 23.5 Å². The Morgan fingerprint density at radius 2 is 1.73 bits per heavy atom. The molecule has 1 aliphatic heterocycles. The van der Waals surface area contributed by atoms with Crippen LogP contribution in [0.2, 0.25) is 5.02 Å². The predicted octanol–water partition coefficient (Wildman–Crippen LogP) is 4.60. The standard InChI is InChI=1S/C19H29ClN2/c20-17-10-8-15(9-11-17)14-22-12-4-3-7-18(22)13-19(21)16-5-1-2-6-16/h8-11,16,18-19H,1-7,12-14,21H2. The molecule has 2 N–H and O–H groups in total. The van der Waals surface area contributed by atoms with E-state index >= 15 is 0 Å². The second-order valence-electron chi connectivity index (χ2n) is 7.19. The molecule has 2 nitrogen and oxygen atoms in total. The van der Waals surface area contributed by atoms with Crippen LogP contribution in [0.25, 0.3) is 0 Å². The van der Waals surface area contributed by atoms with Gasteiger partial charge >= 0.3 is 0 Å². The monoisotopic (exact) mass is 320 g/mol. The highest BCUT2D eigenvalue weighted by molar-refractivity contribution is 6.30. The molecule has 2 aliphatic rings. The molecule has 0 radical (unpaired) electrons. The highest BCUT2D eigenvalue weighted by Crippen LogP contribution is 2.31. The number of piperidine rings is 1. The molecule has 3 rings (SSSR count). The van der Waals surface area contributed by atoms with Gasteiger partial charge in [0.05, 0.1) is 0 Å². The van der Waals surface area contributed by atoms with Gasteiger partial charge in [-0.15, -0.1) is 0 Å². The Kier molecular flexibility index (Phi) is 5.78. The van der Waals surface area contributed by atoms with Crippen LogP contribution in [0.15, 0.2) is 24.3 Å². The lowest BCUT2D eigenvalue weighted by molar-refractivity contribution is 0.119. The van der Waals surface area contributed by atoms with Crippen molar-refractivity contribution in [3.05, 3.63) is 34.9 Å². The van der Waals surface area contributed by atoms with Crippen molar-refractivity contribution in [1.29, 1.82) is 0 Å². The summed E-state index contributed by atoms with van der Waals surface area (Å²) in [5.74, 6) is 0.777. The van der Waals surface area contributed by atoms with Gasteiger partial charge in [0.2, 0.25) is 0 Å². The van der Waals surface area contributed by atoms with Gasteiger partial charge in [0.1, 0.15) is 0 Å². The molecule has 0 aromatic heterocycles. The Morgan fingerprint density at radius 3 is 2.45 bits per heavy atom. The van der Waals surface area contributed by atoms with E-state index in [1.807, 2.05) is 12.1 Å². The normalized spacial score (nSPS) is 25.5. The number of likely N-dealkylation sites (tertiary alicyclic amines) is 1. The lowest BCUT2D eigenvalue weighted by atomic mass is 9.89. The van der Waals surface area contributed by atoms with Gasteiger partial charge in [-0.3, -0.25) is 4.90 Å². The molecule has 1 saturated carbocycles. The fourth-order valence-electron chi connectivity index (χ4n) is 4.25. The first-order valence-corrected chi connectivity index (χ1v) is 9.34. The molecule has 2 unspecified atom stereocenters. The van der Waals surface area contributed by atoms with Crippen molar-refractivity contribution >= 4 is 11.6 Å². The second kappa shape index (κ2) is 7.81. The number of benzene rings is 1. The van der Waals surface area contributed by atoms with Crippen LogP contribution in [0, 0.1) is 5.92 Å². The summed E-state index contributed by atoms with van der Waals surface area (Å²) in [4.78, 5) is 2.65. The van der Waals surface area contributed by atoms with Crippen molar-refractivity contribution in [2.75, 3.05) is 6.54 Å². The molecule has 2 atom stereocenters. The van der Waals surface area contributed by atoms with Crippen molar-refractivity contribution in [1.82, 2.24) is 4.90 Å². The summed E-state index contributed by atoms with van der Waals surface area (Å²) >= 11 is 5.99. The van der Waals surface area contributed by atoms with E-state index in [0.29, 0.717) is 12.1 Å². The zero-order valence-corrected chi connectivity index (χ0v) is 14.3. The highest BCUT2D eigenvalue weighted by Gasteiger charge is 2.28. The van der Waals surface area contributed by atoms with Crippen LogP contribution in [0.4, 0.5) is 0 Å². The average molecular weight is 321 g/mol. The SMILES string of the molecule is NC(CC1CCCCN1Cc1ccc(Cl)cc1)C1CCCC1. The Bertz CT molecular complexity index is 453. The molecular formula is C19H29ClN2. The number of rotatable bonds is 5. The summed E-state index contributed by atoms with van der Waals surface area (Å²) in [7, 11) is 0. The van der Waals surface area contributed by atoms with Gasteiger partial charge in [-0.1, -0.05) is 43.0 Å². The maximum absolute atomic E-state index is 6.54. The number of hydrogen-bond acceptors (Lipinski definition) is 2. The number of nitrogens with zero attached hydrogens (tertiary/aromatic N) is 1. The van der Waals surface area contributed by atoms with E-state index in [0.717, 1.165) is 17.5 Å². The van der Waals surface area contributed by atoms with E-state index in [1.54, 1.807) is 0 Å². The second-order valence-corrected chi connectivity index (χ2v) is 7.63. The van der Waals surface area contributed by atoms with E-state index < -0.39 is 0 Å². The van der Waals surface area contributed by atoms with E-state index in [-0.39, 0.29) is 0 Å². The minimum absolute atomic E-state index is 0.401. The van der Waals surface area contributed by atoms with Crippen LogP contribution in [0.5, 0.6) is 0 Å². The van der Waals surface area contributed by atoms with Crippen LogP contribution in [0.3, 0.4) is 0 Å². The van der Waals surface area contributed by atoms with Crippen LogP contribution in [0.1, 0.15) is 56.9 Å². The summed E-state index contributed by atoms with van der Waals surface area (Å²) < 4.78 is 0. The Hall–Kier alpha value is -0.570. The van der Waals surface area contributed by atoms with Gasteiger partial charge in [-0.25, -0.2) is 0 Å². The first kappa shape index (κ1) is 16.3. The third-order valence-corrected chi connectivity index (χ3v) is 5.85. The third kappa shape index (κ3) is 4.24. The van der Waals surface area contributed by atoms with Crippen LogP contribution in [-0.2, 0) is 6.54 Å². The lowest BCUT2D eigenvalue weighted by Gasteiger charge is -2.38. The predicted molar refractivity (Wildman–Crippen MR) is 94.1 cm³/mol. The molecule has 0 amide bonds. The highest BCUT2D eigenvalue weighted by atomic mass is 35.5. The Labute approximate surface area is 140 Å². The van der Waals surface area contributed by atoms with Gasteiger partial charge in [0.15, 0.2) is 0 Å². The van der Waals surface area contributed by atoms with Gasteiger partial charge in [-0.2, -0.15) is 0 Å². The van der Waals surface area contributed by atoms with Gasteiger partial charge in [0, 0.05) is 23.7 Å². The molecule has 1 aromatic carbocycles. The lowest BCUT2D eigenvalue weighted by Crippen LogP contribution is -2.44. The molecular weight excluding hydrogens is 292 g/mol. The molecule has 122 valence electrons. The summed E-state index contributed by atoms with van der Waals surface area (Å²) in [5.41, 5.74) is 7.91. The van der Waals surface area contributed by atoms with Gasteiger partial charge < -0.3 is 5.73 Å². The molecule has 1 heterocycles. The molecule has 22 heavy (non-hydrogen) atoms.